The van der Waals surface area contributed by atoms with Crippen LogP contribution in [0.25, 0.3) is 0 Å². The Bertz CT molecular complexity index is 461. The van der Waals surface area contributed by atoms with Crippen LogP contribution >= 0.6 is 0 Å². The van der Waals surface area contributed by atoms with Crippen LogP contribution in [0, 0.1) is 87.4 Å². The molecule has 1 N–H and O–H groups in total. The van der Waals surface area contributed by atoms with Gasteiger partial charge in [0.05, 0.1) is 5.60 Å². The van der Waals surface area contributed by atoms with Crippen molar-refractivity contribution in [3.05, 3.63) is 63.7 Å². The average Bonchev–Trinajstić information content (AvgIpc) is 3.33. The molecule has 0 amide bonds. The number of carbonyl (C=O) groups is 1. The van der Waals surface area contributed by atoms with Crippen molar-refractivity contribution in [3.8, 4) is 0 Å². The minimum absolute atomic E-state index is 0. The molecule has 5 rings (SSSR count). The zero-order valence-corrected chi connectivity index (χ0v) is 16.3. The van der Waals surface area contributed by atoms with Crippen LogP contribution in [0.15, 0.2) is 0 Å². The Kier molecular flexibility index (Phi) is 7.30. The normalized spacial score (nSPS) is 42.4. The molecule has 5 fully saturated rings. The molecule has 0 spiro atoms. The summed E-state index contributed by atoms with van der Waals surface area (Å²) < 4.78 is 0. The molecule has 0 aliphatic heterocycles. The van der Waals surface area contributed by atoms with Gasteiger partial charge in [0, 0.05) is 28.9 Å². The smallest absolute Gasteiger partial charge is 0.142 e. The van der Waals surface area contributed by atoms with Crippen molar-refractivity contribution >= 4 is 5.78 Å². The minimum atomic E-state index is -0.714. The number of rotatable bonds is 1. The molecule has 5 saturated carbocycles. The summed E-state index contributed by atoms with van der Waals surface area (Å²) in [4.78, 5) is 12.8. The van der Waals surface area contributed by atoms with Crippen LogP contribution in [0.1, 0.15) is 44.9 Å². The summed E-state index contributed by atoms with van der Waals surface area (Å²) in [6, 6.07) is 0. The maximum atomic E-state index is 12.8. The fourth-order valence-corrected chi connectivity index (χ4v) is 5.75. The van der Waals surface area contributed by atoms with Crippen LogP contribution in [0.5, 0.6) is 0 Å². The van der Waals surface area contributed by atoms with E-state index < -0.39 is 5.60 Å². The number of fused-ring (bicyclic) bond motifs is 4. The van der Waals surface area contributed by atoms with Crippen molar-refractivity contribution in [1.82, 2.24) is 0 Å². The first-order valence-electron chi connectivity index (χ1n) is 9.86. The zero-order chi connectivity index (χ0) is 17.3. The van der Waals surface area contributed by atoms with E-state index in [-0.39, 0.29) is 34.8 Å². The minimum Gasteiger partial charge on any atom is -0.389 e. The summed E-state index contributed by atoms with van der Waals surface area (Å²) in [6.07, 6.45) is 25.7. The molecule has 5 unspecified atom stereocenters. The number of Topliss-reactive ketones (excluding diaryl/α,β-unsaturated/α-hetero) is 1. The van der Waals surface area contributed by atoms with Crippen molar-refractivity contribution in [1.29, 1.82) is 0 Å². The summed E-state index contributed by atoms with van der Waals surface area (Å²) in [5.74, 6) is 2.31. The molecular formula is C23H28FeO2. The molecule has 0 heterocycles. The maximum Gasteiger partial charge on any atom is 0.142 e. The van der Waals surface area contributed by atoms with E-state index in [1.165, 1.54) is 12.3 Å². The standard InChI is InChI=1S/C18H23O2.C5H5.Fe/c19-17-13-8-5-10-15(17)18(20)11-4-3-9-14(18)16(13)12-6-1-2-7-12;1-2-4-5-3-1;/h1-2,6-7,13-16,20H,3-5,8-11H2;1-5H;. The third kappa shape index (κ3) is 3.83. The van der Waals surface area contributed by atoms with Crippen LogP contribution in [-0.4, -0.2) is 16.5 Å². The van der Waals surface area contributed by atoms with E-state index in [2.05, 4.69) is 25.7 Å². The second-order valence-corrected chi connectivity index (χ2v) is 8.04. The molecule has 0 saturated heterocycles. The first-order valence-corrected chi connectivity index (χ1v) is 9.86. The molecule has 10 radical (unpaired) electrons. The molecule has 140 valence electrons. The molecule has 5 aliphatic carbocycles. The SMILES string of the molecule is O=C1C2CCCC1C1(O)CCCCC1C2[C]1[CH][CH][CH][CH]1.[CH]1[CH][CH][CH][CH]1.[Fe]. The Morgan fingerprint density at radius 1 is 0.846 bits per heavy atom. The second kappa shape index (κ2) is 9.10. The van der Waals surface area contributed by atoms with Crippen molar-refractivity contribution in [2.45, 2.75) is 50.5 Å². The quantitative estimate of drug-likeness (QED) is 0.687. The number of hydrogen-bond acceptors (Lipinski definition) is 2. The van der Waals surface area contributed by atoms with Gasteiger partial charge in [0.1, 0.15) is 5.78 Å². The third-order valence-corrected chi connectivity index (χ3v) is 6.80. The van der Waals surface area contributed by atoms with E-state index >= 15 is 0 Å². The molecular weight excluding hydrogens is 364 g/mol. The predicted octanol–water partition coefficient (Wildman–Crippen LogP) is 3.95. The monoisotopic (exact) mass is 392 g/mol. The fourth-order valence-electron chi connectivity index (χ4n) is 5.75. The molecule has 0 aromatic rings. The fraction of sp³-hybridized carbons (Fsp3) is 0.522. The number of carbonyl (C=O) groups excluding carboxylic acids is 1. The summed E-state index contributed by atoms with van der Waals surface area (Å²) in [6.45, 7) is 0. The topological polar surface area (TPSA) is 37.3 Å². The summed E-state index contributed by atoms with van der Waals surface area (Å²) in [5.41, 5.74) is -0.714. The summed E-state index contributed by atoms with van der Waals surface area (Å²) in [5, 5.41) is 11.3. The van der Waals surface area contributed by atoms with E-state index in [4.69, 9.17) is 0 Å². The van der Waals surface area contributed by atoms with Gasteiger partial charge < -0.3 is 5.11 Å². The maximum absolute atomic E-state index is 12.8. The largest absolute Gasteiger partial charge is 0.389 e. The predicted molar refractivity (Wildman–Crippen MR) is 98.2 cm³/mol. The van der Waals surface area contributed by atoms with E-state index in [1.54, 1.807) is 0 Å². The van der Waals surface area contributed by atoms with Gasteiger partial charge in [-0.15, -0.1) is 0 Å². The van der Waals surface area contributed by atoms with Crippen molar-refractivity contribution in [3.63, 3.8) is 0 Å². The summed E-state index contributed by atoms with van der Waals surface area (Å²) >= 11 is 0. The van der Waals surface area contributed by atoms with Gasteiger partial charge in [0.15, 0.2) is 0 Å². The van der Waals surface area contributed by atoms with E-state index in [9.17, 15) is 9.90 Å². The first kappa shape index (κ1) is 20.9. The van der Waals surface area contributed by atoms with Gasteiger partial charge in [-0.2, -0.15) is 0 Å². The van der Waals surface area contributed by atoms with Gasteiger partial charge in [0.25, 0.3) is 0 Å². The Morgan fingerprint density at radius 3 is 2.15 bits per heavy atom. The van der Waals surface area contributed by atoms with Crippen LogP contribution in [-0.2, 0) is 21.9 Å². The van der Waals surface area contributed by atoms with Gasteiger partial charge in [-0.25, -0.2) is 0 Å². The van der Waals surface area contributed by atoms with Crippen LogP contribution in [0.4, 0.5) is 0 Å². The third-order valence-electron chi connectivity index (χ3n) is 6.80. The molecule has 26 heavy (non-hydrogen) atoms. The van der Waals surface area contributed by atoms with E-state index in [1.807, 2.05) is 32.1 Å². The van der Waals surface area contributed by atoms with Crippen molar-refractivity contribution in [2.75, 3.05) is 0 Å². The number of ketones is 1. The number of aliphatic hydroxyl groups is 1. The van der Waals surface area contributed by atoms with E-state index in [0.29, 0.717) is 11.7 Å². The van der Waals surface area contributed by atoms with Gasteiger partial charge >= 0.3 is 0 Å². The van der Waals surface area contributed by atoms with E-state index in [0.717, 1.165) is 38.5 Å². The van der Waals surface area contributed by atoms with Gasteiger partial charge in [0.2, 0.25) is 0 Å². The van der Waals surface area contributed by atoms with Gasteiger partial charge in [-0.1, -0.05) is 19.3 Å². The molecule has 2 bridgehead atoms. The zero-order valence-electron chi connectivity index (χ0n) is 15.2. The van der Waals surface area contributed by atoms with Gasteiger partial charge in [-0.05, 0) is 101 Å². The Labute approximate surface area is 170 Å². The molecule has 3 heteroatoms. The number of hydrogen-bond donors (Lipinski definition) is 1. The average molecular weight is 392 g/mol. The molecule has 5 atom stereocenters. The van der Waals surface area contributed by atoms with Crippen LogP contribution in [0.2, 0.25) is 0 Å². The van der Waals surface area contributed by atoms with Crippen molar-refractivity contribution < 1.29 is 27.0 Å². The van der Waals surface area contributed by atoms with Crippen LogP contribution < -0.4 is 0 Å². The van der Waals surface area contributed by atoms with Gasteiger partial charge in [-0.3, -0.25) is 4.79 Å². The molecule has 2 nitrogen and oxygen atoms in total. The first-order chi connectivity index (χ1) is 12.2. The Balaban J connectivity index is 0.000000285. The Hall–Kier alpha value is 0.149. The molecule has 0 aromatic carbocycles. The molecule has 0 aromatic heterocycles. The second-order valence-electron chi connectivity index (χ2n) is 8.04. The molecule has 5 aliphatic rings. The van der Waals surface area contributed by atoms with Crippen LogP contribution in [0.3, 0.4) is 0 Å². The summed E-state index contributed by atoms with van der Waals surface area (Å²) in [7, 11) is 0. The van der Waals surface area contributed by atoms with Crippen molar-refractivity contribution in [2.24, 2.45) is 23.7 Å². The Morgan fingerprint density at radius 2 is 1.50 bits per heavy atom.